The number of benzene rings is 1. The monoisotopic (exact) mass is 254 g/mol. The molecule has 0 saturated heterocycles. The van der Waals surface area contributed by atoms with Crippen molar-refractivity contribution in [3.8, 4) is 0 Å². The van der Waals surface area contributed by atoms with Crippen molar-refractivity contribution in [2.75, 3.05) is 6.61 Å². The summed E-state index contributed by atoms with van der Waals surface area (Å²) < 4.78 is 22.5. The molecule has 1 unspecified atom stereocenters. The van der Waals surface area contributed by atoms with Gasteiger partial charge in [-0.15, -0.1) is 0 Å². The molecule has 0 fully saturated rings. The van der Waals surface area contributed by atoms with Crippen LogP contribution in [0.25, 0.3) is 0 Å². The molecule has 4 nitrogen and oxygen atoms in total. The molecule has 0 spiro atoms. The summed E-state index contributed by atoms with van der Waals surface area (Å²) in [5.41, 5.74) is 0.181. The molecule has 0 aliphatic rings. The minimum absolute atomic E-state index is 0.181. The molecule has 1 aromatic carbocycles. The molecule has 0 aromatic heterocycles. The highest BCUT2D eigenvalue weighted by molar-refractivity contribution is 7.62. The van der Waals surface area contributed by atoms with Crippen LogP contribution < -0.4 is 5.30 Å². The van der Waals surface area contributed by atoms with E-state index in [4.69, 9.17) is 9.05 Å². The van der Waals surface area contributed by atoms with Crippen LogP contribution in [0.5, 0.6) is 0 Å². The number of hydrogen-bond donors (Lipinski definition) is 0. The summed E-state index contributed by atoms with van der Waals surface area (Å²) in [6.45, 7) is 6.81. The van der Waals surface area contributed by atoms with Crippen LogP contribution in [0.4, 0.5) is 0 Å². The first-order valence-corrected chi connectivity index (χ1v) is 6.73. The van der Waals surface area contributed by atoms with Crippen LogP contribution in [0.1, 0.15) is 13.8 Å². The van der Waals surface area contributed by atoms with Gasteiger partial charge in [-0.05, 0) is 26.0 Å². The van der Waals surface area contributed by atoms with Gasteiger partial charge in [0, 0.05) is 5.57 Å². The van der Waals surface area contributed by atoms with Crippen LogP contribution in [0.3, 0.4) is 0 Å². The van der Waals surface area contributed by atoms with Crippen LogP contribution >= 0.6 is 7.60 Å². The van der Waals surface area contributed by atoms with Crippen molar-refractivity contribution in [1.82, 2.24) is 0 Å². The second kappa shape index (κ2) is 5.80. The Balaban J connectivity index is 3.02. The third kappa shape index (κ3) is 3.55. The number of hydrogen-bond acceptors (Lipinski definition) is 4. The van der Waals surface area contributed by atoms with E-state index in [1.807, 2.05) is 0 Å². The van der Waals surface area contributed by atoms with Crippen molar-refractivity contribution in [3.63, 3.8) is 0 Å². The van der Waals surface area contributed by atoms with Crippen LogP contribution in [0.2, 0.25) is 0 Å². The van der Waals surface area contributed by atoms with E-state index in [1.165, 1.54) is 6.92 Å². The molecule has 0 heterocycles. The van der Waals surface area contributed by atoms with Crippen molar-refractivity contribution in [2.45, 2.75) is 13.8 Å². The molecular formula is C12H15O4P. The third-order valence-electron chi connectivity index (χ3n) is 1.92. The van der Waals surface area contributed by atoms with E-state index in [1.54, 1.807) is 37.3 Å². The van der Waals surface area contributed by atoms with Crippen molar-refractivity contribution < 1.29 is 18.4 Å². The molecule has 0 aliphatic heterocycles. The smallest absolute Gasteiger partial charge is 0.385 e. The molecule has 0 aliphatic carbocycles. The van der Waals surface area contributed by atoms with E-state index >= 15 is 0 Å². The third-order valence-corrected chi connectivity index (χ3v) is 3.86. The molecule has 0 amide bonds. The lowest BCUT2D eigenvalue weighted by molar-refractivity contribution is -0.130. The summed E-state index contributed by atoms with van der Waals surface area (Å²) >= 11 is 0. The zero-order valence-electron chi connectivity index (χ0n) is 9.88. The minimum Gasteiger partial charge on any atom is -0.385 e. The summed E-state index contributed by atoms with van der Waals surface area (Å²) in [5, 5.41) is 0.358. The van der Waals surface area contributed by atoms with Crippen LogP contribution in [0, 0.1) is 0 Å². The summed E-state index contributed by atoms with van der Waals surface area (Å²) in [5.74, 6) is -0.717. The van der Waals surface area contributed by atoms with Gasteiger partial charge in [-0.1, -0.05) is 24.8 Å². The van der Waals surface area contributed by atoms with Crippen LogP contribution in [-0.2, 0) is 18.4 Å². The zero-order valence-corrected chi connectivity index (χ0v) is 10.8. The maximum Gasteiger partial charge on any atom is 0.413 e. The number of rotatable bonds is 5. The van der Waals surface area contributed by atoms with Gasteiger partial charge >= 0.3 is 13.6 Å². The SMILES string of the molecule is C=C(C)C(=O)OP(=O)(OCC)c1ccccc1. The molecule has 1 rings (SSSR count). The van der Waals surface area contributed by atoms with Gasteiger partial charge in [-0.25, -0.2) is 9.36 Å². The Hall–Kier alpha value is -1.38. The topological polar surface area (TPSA) is 52.6 Å². The summed E-state index contributed by atoms with van der Waals surface area (Å²) in [4.78, 5) is 11.4. The Bertz CT molecular complexity index is 453. The second-order valence-corrected chi connectivity index (χ2v) is 5.36. The normalized spacial score (nSPS) is 13.8. The van der Waals surface area contributed by atoms with Gasteiger partial charge in [-0.3, -0.25) is 4.52 Å². The van der Waals surface area contributed by atoms with E-state index in [0.717, 1.165) is 0 Å². The molecule has 0 radical (unpaired) electrons. The molecule has 92 valence electrons. The van der Waals surface area contributed by atoms with Gasteiger partial charge in [0.2, 0.25) is 0 Å². The predicted molar refractivity (Wildman–Crippen MR) is 66.2 cm³/mol. The average Bonchev–Trinajstić information content (AvgIpc) is 2.30. The molecule has 0 N–H and O–H groups in total. The van der Waals surface area contributed by atoms with Gasteiger partial charge in [-0.2, -0.15) is 0 Å². The molecule has 1 atom stereocenters. The Labute approximate surface area is 101 Å². The van der Waals surface area contributed by atoms with E-state index < -0.39 is 13.6 Å². The second-order valence-electron chi connectivity index (χ2n) is 3.41. The number of carbonyl (C=O) groups is 1. The van der Waals surface area contributed by atoms with Crippen molar-refractivity contribution in [1.29, 1.82) is 0 Å². The van der Waals surface area contributed by atoms with E-state index in [2.05, 4.69) is 6.58 Å². The maximum atomic E-state index is 12.4. The van der Waals surface area contributed by atoms with Crippen LogP contribution in [0.15, 0.2) is 42.5 Å². The van der Waals surface area contributed by atoms with E-state index in [-0.39, 0.29) is 12.2 Å². The van der Waals surface area contributed by atoms with Crippen molar-refractivity contribution in [2.24, 2.45) is 0 Å². The molecule has 5 heteroatoms. The Kier molecular flexibility index (Phi) is 4.67. The maximum absolute atomic E-state index is 12.4. The lowest BCUT2D eigenvalue weighted by Gasteiger charge is -2.17. The van der Waals surface area contributed by atoms with Gasteiger partial charge in [0.05, 0.1) is 11.9 Å². The molecular weight excluding hydrogens is 239 g/mol. The largest absolute Gasteiger partial charge is 0.413 e. The van der Waals surface area contributed by atoms with Gasteiger partial charge in [0.25, 0.3) is 0 Å². The Morgan fingerprint density at radius 2 is 1.94 bits per heavy atom. The minimum atomic E-state index is -3.59. The quantitative estimate of drug-likeness (QED) is 0.598. The van der Waals surface area contributed by atoms with Crippen molar-refractivity contribution >= 4 is 18.9 Å². The highest BCUT2D eigenvalue weighted by Crippen LogP contribution is 2.47. The first-order chi connectivity index (χ1) is 7.99. The lowest BCUT2D eigenvalue weighted by Crippen LogP contribution is -2.14. The number of carbonyl (C=O) groups excluding carboxylic acids is 1. The fourth-order valence-corrected chi connectivity index (χ4v) is 2.68. The predicted octanol–water partition coefficient (Wildman–Crippen LogP) is 2.66. The fourth-order valence-electron chi connectivity index (χ4n) is 1.12. The highest BCUT2D eigenvalue weighted by atomic mass is 31.2. The highest BCUT2D eigenvalue weighted by Gasteiger charge is 2.31. The first kappa shape index (κ1) is 13.7. The standard InChI is InChI=1S/C12H15O4P/c1-4-15-17(14,16-12(13)10(2)3)11-8-6-5-7-9-11/h5-9H,2,4H2,1,3H3. The van der Waals surface area contributed by atoms with Crippen molar-refractivity contribution in [3.05, 3.63) is 42.5 Å². The molecule has 1 aromatic rings. The van der Waals surface area contributed by atoms with Gasteiger partial charge < -0.3 is 4.52 Å². The molecule has 0 bridgehead atoms. The lowest BCUT2D eigenvalue weighted by atomic mass is 10.4. The summed E-state index contributed by atoms with van der Waals surface area (Å²) in [6, 6.07) is 8.38. The summed E-state index contributed by atoms with van der Waals surface area (Å²) in [7, 11) is -3.59. The fraction of sp³-hybridized carbons (Fsp3) is 0.250. The Morgan fingerprint density at radius 3 is 2.41 bits per heavy atom. The molecule has 0 saturated carbocycles. The van der Waals surface area contributed by atoms with Gasteiger partial charge in [0.15, 0.2) is 0 Å². The molecule has 17 heavy (non-hydrogen) atoms. The first-order valence-electron chi connectivity index (χ1n) is 5.19. The zero-order chi connectivity index (χ0) is 12.9. The Morgan fingerprint density at radius 1 is 1.35 bits per heavy atom. The average molecular weight is 254 g/mol. The van der Waals surface area contributed by atoms with E-state index in [0.29, 0.717) is 5.30 Å². The summed E-state index contributed by atoms with van der Waals surface area (Å²) in [6.07, 6.45) is 0. The van der Waals surface area contributed by atoms with E-state index in [9.17, 15) is 9.36 Å². The van der Waals surface area contributed by atoms with Crippen LogP contribution in [-0.4, -0.2) is 12.6 Å². The van der Waals surface area contributed by atoms with Gasteiger partial charge in [0.1, 0.15) is 0 Å².